The smallest absolute Gasteiger partial charge is 0.257 e. The van der Waals surface area contributed by atoms with Gasteiger partial charge in [0, 0.05) is 0 Å². The van der Waals surface area contributed by atoms with Crippen LogP contribution in [0.1, 0.15) is 0 Å². The van der Waals surface area contributed by atoms with Gasteiger partial charge in [-0.3, -0.25) is 4.79 Å². The van der Waals surface area contributed by atoms with Crippen molar-refractivity contribution in [2.24, 2.45) is 5.73 Å². The van der Waals surface area contributed by atoms with Crippen LogP contribution in [0.5, 0.6) is 0 Å². The van der Waals surface area contributed by atoms with Crippen LogP contribution in [0, 0.1) is 0 Å². The number of hydrogen-bond donors (Lipinski definition) is 2. The minimum absolute atomic E-state index is 0.551. The second-order valence-electron chi connectivity index (χ2n) is 0.624. The topological polar surface area (TPSA) is 63.3 Å². The molecule has 0 aliphatic heterocycles. The zero-order valence-electron chi connectivity index (χ0n) is 2.64. The maximum atomic E-state index is 9.40. The highest BCUT2D eigenvalue weighted by atomic mass is 28.2. The molecule has 0 fully saturated rings. The first-order chi connectivity index (χ1) is 2.27. The zero-order chi connectivity index (χ0) is 4.28. The Bertz CT molecular complexity index is 44.9. The summed E-state index contributed by atoms with van der Waals surface area (Å²) in [7, 11) is -1.51. The average Bonchev–Trinajstić information content (AvgIpc) is 1.38. The zero-order valence-corrected chi connectivity index (χ0v) is 4.05. The lowest BCUT2D eigenvalue weighted by Crippen LogP contribution is -2.15. The molecule has 0 aromatic rings. The fourth-order valence-corrected chi connectivity index (χ4v) is 0. The van der Waals surface area contributed by atoms with Gasteiger partial charge in [-0.05, 0) is 0 Å². The third kappa shape index (κ3) is 3.65. The lowest BCUT2D eigenvalue weighted by Gasteiger charge is -1.71. The van der Waals surface area contributed by atoms with Crippen LogP contribution in [0.15, 0.2) is 0 Å². The molecular weight excluding hydrogens is 86.1 g/mol. The van der Waals surface area contributed by atoms with Crippen LogP contribution in [-0.4, -0.2) is 20.1 Å². The molecule has 0 atom stereocenters. The summed E-state index contributed by atoms with van der Waals surface area (Å²) < 4.78 is 0. The molecule has 0 saturated heterocycles. The molecule has 30 valence electrons. The predicted octanol–water partition coefficient (Wildman–Crippen LogP) is -1.86. The van der Waals surface area contributed by atoms with Gasteiger partial charge < -0.3 is 10.5 Å². The molecule has 3 nitrogen and oxygen atoms in total. The Labute approximate surface area is 31.7 Å². The first-order valence-electron chi connectivity index (χ1n) is 1.16. The van der Waals surface area contributed by atoms with Crippen LogP contribution in [0.25, 0.3) is 0 Å². The molecule has 0 unspecified atom stereocenters. The van der Waals surface area contributed by atoms with E-state index >= 15 is 0 Å². The quantitative estimate of drug-likeness (QED) is 0.372. The fourth-order valence-electron chi connectivity index (χ4n) is 0. The van der Waals surface area contributed by atoms with E-state index in [1.807, 2.05) is 0 Å². The number of nitrogens with two attached hydrogens (primary N) is 1. The highest BCUT2D eigenvalue weighted by Gasteiger charge is 1.81. The maximum Gasteiger partial charge on any atom is 0.257 e. The van der Waals surface area contributed by atoms with E-state index in [1.54, 1.807) is 0 Å². The summed E-state index contributed by atoms with van der Waals surface area (Å²) >= 11 is 0. The summed E-state index contributed by atoms with van der Waals surface area (Å²) in [6, 6.07) is 0. The van der Waals surface area contributed by atoms with E-state index in [0.717, 1.165) is 0 Å². The molecule has 0 bridgehead atoms. The number of carbonyl (C=O) groups excluding carboxylic acids is 1. The summed E-state index contributed by atoms with van der Waals surface area (Å²) in [4.78, 5) is 17.2. The standard InChI is InChI=1S/CH5NO2Si/c2-1(3)5-4/h4H,5H2,(H2,2,3). The first-order valence-corrected chi connectivity index (χ1v) is 2.50. The van der Waals surface area contributed by atoms with Crippen molar-refractivity contribution >= 4 is 15.3 Å². The van der Waals surface area contributed by atoms with E-state index in [9.17, 15) is 4.79 Å². The van der Waals surface area contributed by atoms with Crippen molar-refractivity contribution in [2.45, 2.75) is 0 Å². The Morgan fingerprint density at radius 2 is 2.20 bits per heavy atom. The van der Waals surface area contributed by atoms with Gasteiger partial charge in [0.05, 0.1) is 0 Å². The van der Waals surface area contributed by atoms with E-state index in [2.05, 4.69) is 5.73 Å². The highest BCUT2D eigenvalue weighted by molar-refractivity contribution is 6.67. The minimum atomic E-state index is -1.51. The van der Waals surface area contributed by atoms with E-state index in [-0.39, 0.29) is 0 Å². The summed E-state index contributed by atoms with van der Waals surface area (Å²) in [6.07, 6.45) is 0. The van der Waals surface area contributed by atoms with Crippen molar-refractivity contribution in [1.82, 2.24) is 0 Å². The molecule has 0 aromatic carbocycles. The van der Waals surface area contributed by atoms with Crippen LogP contribution >= 0.6 is 0 Å². The predicted molar refractivity (Wildman–Crippen MR) is 20.3 cm³/mol. The lowest BCUT2D eigenvalue weighted by atomic mass is 11.4. The molecule has 0 heterocycles. The molecule has 0 aliphatic carbocycles. The van der Waals surface area contributed by atoms with Gasteiger partial charge in [-0.2, -0.15) is 0 Å². The van der Waals surface area contributed by atoms with Crippen molar-refractivity contribution in [1.29, 1.82) is 0 Å². The molecule has 0 saturated carbocycles. The van der Waals surface area contributed by atoms with Gasteiger partial charge in [-0.1, -0.05) is 0 Å². The lowest BCUT2D eigenvalue weighted by molar-refractivity contribution is 0.263. The molecule has 4 heteroatoms. The highest BCUT2D eigenvalue weighted by Crippen LogP contribution is 1.45. The SMILES string of the molecule is NC(=O)[SiH2]O. The van der Waals surface area contributed by atoms with Crippen molar-refractivity contribution in [3.63, 3.8) is 0 Å². The van der Waals surface area contributed by atoms with Crippen molar-refractivity contribution in [3.05, 3.63) is 0 Å². The third-order valence-electron chi connectivity index (χ3n) is 0.156. The number of rotatable bonds is 1. The van der Waals surface area contributed by atoms with Crippen molar-refractivity contribution < 1.29 is 9.59 Å². The van der Waals surface area contributed by atoms with Gasteiger partial charge in [0.2, 0.25) is 5.53 Å². The second kappa shape index (κ2) is 1.92. The maximum absolute atomic E-state index is 9.40. The van der Waals surface area contributed by atoms with E-state index in [4.69, 9.17) is 4.80 Å². The Kier molecular flexibility index (Phi) is 1.79. The second-order valence-corrected chi connectivity index (χ2v) is 1.64. The van der Waals surface area contributed by atoms with Crippen molar-refractivity contribution in [2.75, 3.05) is 0 Å². The third-order valence-corrected chi connectivity index (χ3v) is 0.468. The molecule has 0 spiro atoms. The summed E-state index contributed by atoms with van der Waals surface area (Å²) in [5, 5.41) is 0. The van der Waals surface area contributed by atoms with Crippen molar-refractivity contribution in [3.8, 4) is 0 Å². The monoisotopic (exact) mass is 91.0 g/mol. The van der Waals surface area contributed by atoms with Crippen LogP contribution < -0.4 is 5.73 Å². The van der Waals surface area contributed by atoms with Gasteiger partial charge in [0.15, 0.2) is 0 Å². The molecule has 0 aliphatic rings. The molecular formula is CH5NO2Si. The molecule has 1 amide bonds. The normalized spacial score (nSPS) is 9.80. The number of primary amides is 1. The number of hydrogen-bond acceptors (Lipinski definition) is 2. The van der Waals surface area contributed by atoms with Gasteiger partial charge in [0.1, 0.15) is 0 Å². The van der Waals surface area contributed by atoms with Gasteiger partial charge in [-0.25, -0.2) is 0 Å². The summed E-state index contributed by atoms with van der Waals surface area (Å²) in [6.45, 7) is 0. The fraction of sp³-hybridized carbons (Fsp3) is 0. The Balaban J connectivity index is 2.85. The molecule has 0 radical (unpaired) electrons. The summed E-state index contributed by atoms with van der Waals surface area (Å²) in [5.41, 5.74) is 3.91. The molecule has 5 heavy (non-hydrogen) atoms. The van der Waals surface area contributed by atoms with Crippen LogP contribution in [-0.2, 0) is 0 Å². The Morgan fingerprint density at radius 3 is 2.20 bits per heavy atom. The van der Waals surface area contributed by atoms with E-state index in [1.165, 1.54) is 0 Å². The van der Waals surface area contributed by atoms with Gasteiger partial charge in [-0.15, -0.1) is 0 Å². The Hall–Kier alpha value is -0.353. The van der Waals surface area contributed by atoms with E-state index < -0.39 is 15.3 Å². The van der Waals surface area contributed by atoms with E-state index in [0.29, 0.717) is 0 Å². The first kappa shape index (κ1) is 4.65. The number of carbonyl (C=O) groups is 1. The van der Waals surface area contributed by atoms with Crippen LogP contribution in [0.4, 0.5) is 4.79 Å². The number of amides is 1. The molecule has 3 N–H and O–H groups in total. The van der Waals surface area contributed by atoms with Gasteiger partial charge >= 0.3 is 0 Å². The molecule has 0 aromatic heterocycles. The summed E-state index contributed by atoms with van der Waals surface area (Å²) in [5.74, 6) is 0. The Morgan fingerprint density at radius 1 is 2.00 bits per heavy atom. The van der Waals surface area contributed by atoms with Crippen LogP contribution in [0.2, 0.25) is 0 Å². The molecule has 0 rings (SSSR count). The average molecular weight is 91.1 g/mol. The largest absolute Gasteiger partial charge is 0.428 e. The minimum Gasteiger partial charge on any atom is -0.428 e. The van der Waals surface area contributed by atoms with Gasteiger partial charge in [0.25, 0.3) is 9.76 Å². The van der Waals surface area contributed by atoms with Crippen LogP contribution in [0.3, 0.4) is 0 Å².